The van der Waals surface area contributed by atoms with Gasteiger partial charge in [-0.1, -0.05) is 18.6 Å². The number of carbonyl (C=O) groups is 4. The average molecular weight is 573 g/mol. The van der Waals surface area contributed by atoms with Crippen molar-refractivity contribution in [2.45, 2.75) is 67.9 Å². The SMILES string of the molecule is N#Cc1ccc(NS(=O)(=O)C23CC2/C=C\CCCCCC(OC(N)=O)C(=O)N2CCCC2(C(N)=O)C(=O)N3)cc1. The van der Waals surface area contributed by atoms with Crippen LogP contribution in [0.3, 0.4) is 0 Å². The van der Waals surface area contributed by atoms with E-state index < -0.39 is 56.3 Å². The van der Waals surface area contributed by atoms with Crippen LogP contribution >= 0.6 is 0 Å². The lowest BCUT2D eigenvalue weighted by Gasteiger charge is -2.37. The summed E-state index contributed by atoms with van der Waals surface area (Å²) >= 11 is 0. The first kappa shape index (κ1) is 28.9. The first-order valence-corrected chi connectivity index (χ1v) is 14.5. The summed E-state index contributed by atoms with van der Waals surface area (Å²) in [6.07, 6.45) is 3.86. The third-order valence-electron chi connectivity index (χ3n) is 7.70. The molecular formula is C26H32N6O7S. The summed E-state index contributed by atoms with van der Waals surface area (Å²) in [5, 5.41) is 11.6. The van der Waals surface area contributed by atoms with E-state index >= 15 is 0 Å². The number of carbonyl (C=O) groups excluding carboxylic acids is 4. The molecule has 0 bridgehead atoms. The molecule has 40 heavy (non-hydrogen) atoms. The van der Waals surface area contributed by atoms with Crippen LogP contribution in [0.5, 0.6) is 0 Å². The molecule has 4 unspecified atom stereocenters. The quantitative estimate of drug-likeness (QED) is 0.294. The molecule has 6 N–H and O–H groups in total. The third-order valence-corrected chi connectivity index (χ3v) is 9.74. The van der Waals surface area contributed by atoms with Crippen LogP contribution in [-0.4, -0.2) is 60.2 Å². The highest BCUT2D eigenvalue weighted by Crippen LogP contribution is 2.50. The van der Waals surface area contributed by atoms with Crippen LogP contribution in [0.4, 0.5) is 10.5 Å². The smallest absolute Gasteiger partial charge is 0.405 e. The van der Waals surface area contributed by atoms with Crippen LogP contribution < -0.4 is 21.5 Å². The highest BCUT2D eigenvalue weighted by molar-refractivity contribution is 7.94. The minimum atomic E-state index is -4.31. The lowest BCUT2D eigenvalue weighted by molar-refractivity contribution is -0.157. The zero-order valence-corrected chi connectivity index (χ0v) is 22.6. The summed E-state index contributed by atoms with van der Waals surface area (Å²) in [5.74, 6) is -3.56. The van der Waals surface area contributed by atoms with Gasteiger partial charge in [0.1, 0.15) is 0 Å². The van der Waals surface area contributed by atoms with Gasteiger partial charge in [-0.2, -0.15) is 5.26 Å². The predicted molar refractivity (Wildman–Crippen MR) is 142 cm³/mol. The number of benzene rings is 1. The maximum atomic E-state index is 13.9. The number of nitrogens with one attached hydrogen (secondary N) is 2. The van der Waals surface area contributed by atoms with Crippen molar-refractivity contribution in [1.29, 1.82) is 5.26 Å². The van der Waals surface area contributed by atoms with Crippen molar-refractivity contribution in [3.63, 3.8) is 0 Å². The van der Waals surface area contributed by atoms with Crippen LogP contribution in [0.15, 0.2) is 36.4 Å². The number of primary amides is 2. The molecule has 0 aromatic heterocycles. The maximum Gasteiger partial charge on any atom is 0.405 e. The Balaban J connectivity index is 1.72. The molecule has 1 aromatic carbocycles. The number of anilines is 1. The molecule has 1 saturated carbocycles. The molecule has 2 heterocycles. The highest BCUT2D eigenvalue weighted by Gasteiger charge is 2.67. The number of nitriles is 1. The van der Waals surface area contributed by atoms with E-state index in [1.54, 1.807) is 6.08 Å². The fourth-order valence-corrected chi connectivity index (χ4v) is 7.19. The summed E-state index contributed by atoms with van der Waals surface area (Å²) in [6.45, 7) is -0.0274. The second-order valence-corrected chi connectivity index (χ2v) is 12.2. The number of fused-ring (bicyclic) bond motifs is 2. The number of nitrogens with zero attached hydrogens (tertiary/aromatic N) is 2. The molecule has 1 aliphatic carbocycles. The zero-order valence-electron chi connectivity index (χ0n) is 21.8. The first-order valence-electron chi connectivity index (χ1n) is 13.1. The molecule has 0 radical (unpaired) electrons. The molecule has 4 rings (SSSR count). The van der Waals surface area contributed by atoms with Gasteiger partial charge in [0.15, 0.2) is 11.0 Å². The number of sulfonamides is 1. The Morgan fingerprint density at radius 2 is 1.85 bits per heavy atom. The molecule has 0 spiro atoms. The first-order chi connectivity index (χ1) is 19.0. The van der Waals surface area contributed by atoms with Crippen molar-refractivity contribution in [2.24, 2.45) is 17.4 Å². The van der Waals surface area contributed by atoms with Crippen molar-refractivity contribution in [3.05, 3.63) is 42.0 Å². The van der Waals surface area contributed by atoms with Gasteiger partial charge >= 0.3 is 6.09 Å². The van der Waals surface area contributed by atoms with Crippen LogP contribution in [-0.2, 0) is 29.1 Å². The molecule has 2 fully saturated rings. The Morgan fingerprint density at radius 3 is 2.50 bits per heavy atom. The van der Waals surface area contributed by atoms with Gasteiger partial charge in [0.2, 0.25) is 5.54 Å². The van der Waals surface area contributed by atoms with E-state index in [1.807, 2.05) is 12.1 Å². The molecule has 4 atom stereocenters. The topological polar surface area (TPSA) is 215 Å². The van der Waals surface area contributed by atoms with Gasteiger partial charge in [-0.15, -0.1) is 0 Å². The predicted octanol–water partition coefficient (Wildman–Crippen LogP) is 0.963. The Kier molecular flexibility index (Phi) is 8.06. The fraction of sp³-hybridized carbons (Fsp3) is 0.500. The summed E-state index contributed by atoms with van der Waals surface area (Å²) < 4.78 is 35.0. The van der Waals surface area contributed by atoms with E-state index in [9.17, 15) is 27.6 Å². The fourth-order valence-electron chi connectivity index (χ4n) is 5.46. The number of rotatable bonds is 5. The Hall–Kier alpha value is -4.12. The van der Waals surface area contributed by atoms with Crippen molar-refractivity contribution >= 4 is 39.5 Å². The number of ether oxygens (including phenoxy) is 1. The normalized spacial score (nSPS) is 29.8. The molecule has 3 aliphatic rings. The van der Waals surface area contributed by atoms with Gasteiger partial charge in [0.25, 0.3) is 27.7 Å². The van der Waals surface area contributed by atoms with Crippen molar-refractivity contribution in [2.75, 3.05) is 11.3 Å². The van der Waals surface area contributed by atoms with Crippen LogP contribution in [0.2, 0.25) is 0 Å². The highest BCUT2D eigenvalue weighted by atomic mass is 32.2. The van der Waals surface area contributed by atoms with Gasteiger partial charge in [-0.3, -0.25) is 19.1 Å². The monoisotopic (exact) mass is 572 g/mol. The van der Waals surface area contributed by atoms with E-state index in [2.05, 4.69) is 10.0 Å². The Morgan fingerprint density at radius 1 is 1.12 bits per heavy atom. The third kappa shape index (κ3) is 5.33. The van der Waals surface area contributed by atoms with Gasteiger partial charge in [-0.25, -0.2) is 13.2 Å². The summed E-state index contributed by atoms with van der Waals surface area (Å²) in [4.78, 5) is 51.1. The molecule has 1 aromatic rings. The van der Waals surface area contributed by atoms with Crippen LogP contribution in [0, 0.1) is 17.2 Å². The molecule has 214 valence electrons. The number of nitrogens with two attached hydrogens (primary N) is 2. The summed E-state index contributed by atoms with van der Waals surface area (Å²) in [7, 11) is -4.31. The minimum Gasteiger partial charge on any atom is -0.436 e. The largest absolute Gasteiger partial charge is 0.436 e. The summed E-state index contributed by atoms with van der Waals surface area (Å²) in [5.41, 5.74) is 9.26. The van der Waals surface area contributed by atoms with Crippen molar-refractivity contribution in [1.82, 2.24) is 10.2 Å². The van der Waals surface area contributed by atoms with Crippen LogP contribution in [0.25, 0.3) is 0 Å². The average Bonchev–Trinajstić information content (AvgIpc) is 3.41. The number of hydrogen-bond donors (Lipinski definition) is 4. The van der Waals surface area contributed by atoms with Crippen LogP contribution in [0.1, 0.15) is 56.9 Å². The number of hydrogen-bond acceptors (Lipinski definition) is 8. The number of amides is 4. The standard InChI is InChI=1S/C26H32N6O7S/c27-16-17-9-11-19(12-10-17)31-40(37,38)26-15-18(26)7-4-2-1-3-5-8-20(39-24(29)36)21(33)32-14-6-13-25(32,22(28)34)23(35)30-26/h4,7,9-12,18,20,31H,1-3,5-6,8,13-15H2,(H2,28,34)(H2,29,36)(H,30,35)/b7-4-. The summed E-state index contributed by atoms with van der Waals surface area (Å²) in [6, 6.07) is 7.70. The second kappa shape index (κ2) is 11.2. The van der Waals surface area contributed by atoms with Gasteiger partial charge in [0.05, 0.1) is 11.6 Å². The Labute approximate surface area is 231 Å². The maximum absolute atomic E-state index is 13.9. The minimum absolute atomic E-state index is 0.0249. The van der Waals surface area contributed by atoms with Gasteiger partial charge < -0.3 is 26.4 Å². The lowest BCUT2D eigenvalue weighted by atomic mass is 9.92. The van der Waals surface area contributed by atoms with E-state index in [0.717, 1.165) is 11.3 Å². The van der Waals surface area contributed by atoms with E-state index in [1.165, 1.54) is 24.3 Å². The van der Waals surface area contributed by atoms with Crippen molar-refractivity contribution < 1.29 is 32.3 Å². The van der Waals surface area contributed by atoms with E-state index in [-0.39, 0.29) is 37.9 Å². The zero-order chi connectivity index (χ0) is 29.1. The number of allylic oxidation sites excluding steroid dienone is 1. The lowest BCUT2D eigenvalue weighted by Crippen LogP contribution is -2.68. The molecule has 13 nitrogen and oxygen atoms in total. The van der Waals surface area contributed by atoms with E-state index in [0.29, 0.717) is 24.8 Å². The molecular weight excluding hydrogens is 540 g/mol. The van der Waals surface area contributed by atoms with Gasteiger partial charge in [0, 0.05) is 18.2 Å². The van der Waals surface area contributed by atoms with E-state index in [4.69, 9.17) is 21.5 Å². The molecule has 14 heteroatoms. The Bertz CT molecular complexity index is 1370. The van der Waals surface area contributed by atoms with Crippen molar-refractivity contribution in [3.8, 4) is 6.07 Å². The second-order valence-electron chi connectivity index (χ2n) is 10.3. The molecule has 1 saturated heterocycles. The molecule has 4 amide bonds. The molecule has 2 aliphatic heterocycles. The van der Waals surface area contributed by atoms with Gasteiger partial charge in [-0.05, 0) is 69.2 Å².